The van der Waals surface area contributed by atoms with E-state index < -0.39 is 149 Å². The van der Waals surface area contributed by atoms with E-state index in [1.807, 2.05) is 0 Å². The van der Waals surface area contributed by atoms with Crippen LogP contribution in [0.2, 0.25) is 0 Å². The van der Waals surface area contributed by atoms with Crippen molar-refractivity contribution in [3.05, 3.63) is 0 Å². The van der Waals surface area contributed by atoms with E-state index in [1.54, 1.807) is 0 Å². The average Bonchev–Trinajstić information content (AvgIpc) is 3.14. The van der Waals surface area contributed by atoms with Crippen LogP contribution in [0.1, 0.15) is 25.7 Å². The highest BCUT2D eigenvalue weighted by atomic mass is 16.8. The molecule has 14 N–H and O–H groups in total. The Bertz CT molecular complexity index is 946. The second-order valence-electron chi connectivity index (χ2n) is 13.2. The fourth-order valence-electron chi connectivity index (χ4n) is 6.34. The zero-order valence-corrected chi connectivity index (χ0v) is 28.1. The largest absolute Gasteiger partial charge is 0.394 e. The first-order valence-corrected chi connectivity index (χ1v) is 17.2. The minimum Gasteiger partial charge on any atom is -0.394 e. The predicted molar refractivity (Wildman–Crippen MR) is 163 cm³/mol. The van der Waals surface area contributed by atoms with Crippen molar-refractivity contribution in [1.82, 2.24) is 0 Å². The van der Waals surface area contributed by atoms with Crippen LogP contribution in [0.3, 0.4) is 0 Å². The molecule has 4 saturated heterocycles. The van der Waals surface area contributed by atoms with Crippen molar-refractivity contribution in [2.24, 2.45) is 0 Å². The van der Waals surface area contributed by atoms with E-state index in [0.29, 0.717) is 25.7 Å². The van der Waals surface area contributed by atoms with Gasteiger partial charge in [0.25, 0.3) is 0 Å². The van der Waals surface area contributed by atoms with Crippen LogP contribution >= 0.6 is 0 Å². The summed E-state index contributed by atoms with van der Waals surface area (Å²) in [6, 6.07) is 0. The van der Waals surface area contributed by atoms with Crippen molar-refractivity contribution in [3.8, 4) is 0 Å². The highest BCUT2D eigenvalue weighted by Crippen LogP contribution is 2.31. The molecule has 0 saturated carbocycles. The molecular weight excluding hydrogens is 712 g/mol. The minimum atomic E-state index is -1.79. The van der Waals surface area contributed by atoms with E-state index in [2.05, 4.69) is 0 Å². The number of unbranched alkanes of at least 4 members (excludes halogenated alkanes) is 3. The normalized spacial score (nSPS) is 47.4. The van der Waals surface area contributed by atoms with Gasteiger partial charge in [-0.3, -0.25) is 0 Å². The summed E-state index contributed by atoms with van der Waals surface area (Å²) in [7, 11) is 0. The average molecular weight is 767 g/mol. The third-order valence-electron chi connectivity index (χ3n) is 9.52. The molecule has 4 heterocycles. The SMILES string of the molecule is OC[C@@H]1O[C@H](O[C@@H]2[C@@H](O)[C@H](O)C(OCCCCCCO[C@@H]3O[C@H](CO)[C@@H](O[C@@H]4O[C@H](CO)[C@H](O)[C@H](O)[C@H]4O)[C@H](O)[C@H]3O)O[C@H]2CO)[C@@H](O)[C@H](O)[C@@H]1O. The molecule has 0 spiro atoms. The maximum Gasteiger partial charge on any atom is 0.187 e. The Hall–Kier alpha value is -0.880. The Kier molecular flexibility index (Phi) is 17.1. The lowest BCUT2D eigenvalue weighted by molar-refractivity contribution is -0.359. The first kappa shape index (κ1) is 43.8. The zero-order valence-electron chi connectivity index (χ0n) is 28.1. The first-order valence-electron chi connectivity index (χ1n) is 17.2. The van der Waals surface area contributed by atoms with E-state index in [4.69, 9.17) is 37.9 Å². The van der Waals surface area contributed by atoms with E-state index in [-0.39, 0.29) is 13.2 Å². The summed E-state index contributed by atoms with van der Waals surface area (Å²) in [6.07, 6.45) is -29.0. The van der Waals surface area contributed by atoms with Crippen LogP contribution in [0, 0.1) is 0 Å². The predicted octanol–water partition coefficient (Wildman–Crippen LogP) is -8.17. The summed E-state index contributed by atoms with van der Waals surface area (Å²) in [6.45, 7) is -2.70. The molecule has 52 heavy (non-hydrogen) atoms. The van der Waals surface area contributed by atoms with Gasteiger partial charge in [-0.2, -0.15) is 0 Å². The Balaban J connectivity index is 1.15. The summed E-state index contributed by atoms with van der Waals surface area (Å²) in [4.78, 5) is 0. The van der Waals surface area contributed by atoms with Crippen molar-refractivity contribution in [3.63, 3.8) is 0 Å². The molecule has 4 aliphatic heterocycles. The van der Waals surface area contributed by atoms with Crippen LogP contribution in [-0.4, -0.2) is 234 Å². The third-order valence-corrected chi connectivity index (χ3v) is 9.52. The number of ether oxygens (including phenoxy) is 8. The van der Waals surface area contributed by atoms with Gasteiger partial charge in [0.1, 0.15) is 97.7 Å². The molecule has 306 valence electrons. The van der Waals surface area contributed by atoms with E-state index >= 15 is 0 Å². The summed E-state index contributed by atoms with van der Waals surface area (Å²) in [5, 5.41) is 141. The fraction of sp³-hybridized carbons (Fsp3) is 1.00. The maximum absolute atomic E-state index is 10.7. The molecule has 4 fully saturated rings. The van der Waals surface area contributed by atoms with E-state index in [9.17, 15) is 71.5 Å². The molecular formula is C30H54O22. The molecule has 4 rings (SSSR count). The van der Waals surface area contributed by atoms with Crippen LogP contribution in [0.15, 0.2) is 0 Å². The molecule has 20 atom stereocenters. The number of aliphatic hydroxyl groups is 14. The Morgan fingerprint density at radius 3 is 0.962 bits per heavy atom. The summed E-state index contributed by atoms with van der Waals surface area (Å²) < 4.78 is 43.9. The van der Waals surface area contributed by atoms with Crippen LogP contribution in [0.25, 0.3) is 0 Å². The van der Waals surface area contributed by atoms with Crippen molar-refractivity contribution in [2.45, 2.75) is 149 Å². The lowest BCUT2D eigenvalue weighted by atomic mass is 9.97. The van der Waals surface area contributed by atoms with Gasteiger partial charge in [-0.1, -0.05) is 12.8 Å². The van der Waals surface area contributed by atoms with Crippen molar-refractivity contribution in [1.29, 1.82) is 0 Å². The second-order valence-corrected chi connectivity index (χ2v) is 13.2. The van der Waals surface area contributed by atoms with Crippen LogP contribution in [0.5, 0.6) is 0 Å². The second kappa shape index (κ2) is 20.3. The van der Waals surface area contributed by atoms with Gasteiger partial charge >= 0.3 is 0 Å². The van der Waals surface area contributed by atoms with Crippen LogP contribution in [0.4, 0.5) is 0 Å². The van der Waals surface area contributed by atoms with E-state index in [0.717, 1.165) is 0 Å². The summed E-state index contributed by atoms with van der Waals surface area (Å²) >= 11 is 0. The molecule has 4 aliphatic rings. The molecule has 0 radical (unpaired) electrons. The van der Waals surface area contributed by atoms with Crippen LogP contribution < -0.4 is 0 Å². The molecule has 0 bridgehead atoms. The molecule has 22 heteroatoms. The van der Waals surface area contributed by atoms with Gasteiger partial charge in [-0.15, -0.1) is 0 Å². The highest BCUT2D eigenvalue weighted by molar-refractivity contribution is 4.95. The molecule has 0 aromatic heterocycles. The van der Waals surface area contributed by atoms with Gasteiger partial charge < -0.3 is 109 Å². The highest BCUT2D eigenvalue weighted by Gasteiger charge is 2.52. The van der Waals surface area contributed by atoms with Gasteiger partial charge in [-0.25, -0.2) is 0 Å². The van der Waals surface area contributed by atoms with Gasteiger partial charge in [0, 0.05) is 13.2 Å². The number of rotatable bonds is 17. The summed E-state index contributed by atoms with van der Waals surface area (Å²) in [5.41, 5.74) is 0. The number of aliphatic hydroxyl groups excluding tert-OH is 14. The van der Waals surface area contributed by atoms with Gasteiger partial charge in [-0.05, 0) is 12.8 Å². The molecule has 22 nitrogen and oxygen atoms in total. The molecule has 0 aromatic rings. The standard InChI is InChI=1S/C30H54O22/c31-7-11-15(35)17(37)21(41)29(47-11)51-25-13(9-33)49-27(23(43)19(25)39)45-5-3-1-2-4-6-46-28-24(44)20(40)26(14(10-34)50-28)52-30-22(42)18(38)16(36)12(8-32)48-30/h11-44H,1-10H2/t11-,12+,13-,14+,15+,16-,17+,18-,19-,20+,21-,22+,23-,24+,25-,26+,27-,28?,29+,30-/m1/s1. The Morgan fingerprint density at radius 2 is 0.635 bits per heavy atom. The lowest BCUT2D eigenvalue weighted by Gasteiger charge is -2.46. The summed E-state index contributed by atoms with van der Waals surface area (Å²) in [5.74, 6) is 0. The molecule has 0 amide bonds. The quantitative estimate of drug-likeness (QED) is 0.0611. The monoisotopic (exact) mass is 766 g/mol. The number of hydrogen-bond acceptors (Lipinski definition) is 22. The van der Waals surface area contributed by atoms with Crippen molar-refractivity contribution in [2.75, 3.05) is 39.6 Å². The van der Waals surface area contributed by atoms with Gasteiger partial charge in [0.2, 0.25) is 0 Å². The zero-order chi connectivity index (χ0) is 38.3. The van der Waals surface area contributed by atoms with Crippen molar-refractivity contribution >= 4 is 0 Å². The minimum absolute atomic E-state index is 0.0658. The Labute approximate surface area is 297 Å². The third kappa shape index (κ3) is 10.1. The molecule has 0 aromatic carbocycles. The van der Waals surface area contributed by atoms with E-state index in [1.165, 1.54) is 0 Å². The maximum atomic E-state index is 10.7. The van der Waals surface area contributed by atoms with Crippen LogP contribution in [-0.2, 0) is 37.9 Å². The topological polar surface area (TPSA) is 357 Å². The van der Waals surface area contributed by atoms with Crippen molar-refractivity contribution < 1.29 is 109 Å². The lowest BCUT2D eigenvalue weighted by Crippen LogP contribution is -2.64. The smallest absolute Gasteiger partial charge is 0.187 e. The molecule has 1 unspecified atom stereocenters. The fourth-order valence-corrected chi connectivity index (χ4v) is 6.34. The first-order chi connectivity index (χ1) is 24.8. The van der Waals surface area contributed by atoms with Gasteiger partial charge in [0.05, 0.1) is 26.4 Å². The number of hydrogen-bond donors (Lipinski definition) is 14. The Morgan fingerprint density at radius 1 is 0.327 bits per heavy atom. The molecule has 0 aliphatic carbocycles. The van der Waals surface area contributed by atoms with Gasteiger partial charge in [0.15, 0.2) is 25.2 Å².